The number of aryl methyl sites for hydroxylation is 1. The number of hydrogen-bond acceptors (Lipinski definition) is 3. The van der Waals surface area contributed by atoms with Crippen molar-refractivity contribution in [3.63, 3.8) is 0 Å². The molecule has 4 nitrogen and oxygen atoms in total. The summed E-state index contributed by atoms with van der Waals surface area (Å²) in [6.07, 6.45) is 3.58. The molecule has 84 valence electrons. The first-order valence-electron chi connectivity index (χ1n) is 5.01. The predicted molar refractivity (Wildman–Crippen MR) is 67.1 cm³/mol. The van der Waals surface area contributed by atoms with Gasteiger partial charge in [0.25, 0.3) is 0 Å². The zero-order valence-corrected chi connectivity index (χ0v) is 10.8. The van der Waals surface area contributed by atoms with Crippen LogP contribution in [0.3, 0.4) is 0 Å². The normalized spacial score (nSPS) is 12.7. The fraction of sp³-hybridized carbons (Fsp3) is 0.273. The molecule has 0 aliphatic carbocycles. The molecule has 1 unspecified atom stereocenters. The number of pyridine rings is 1. The van der Waals surface area contributed by atoms with E-state index in [2.05, 4.69) is 26.0 Å². The molecular weight excluding hydrogens is 268 g/mol. The van der Waals surface area contributed by atoms with Crippen molar-refractivity contribution in [3.8, 4) is 0 Å². The minimum atomic E-state index is 0.0821. The number of aromatic nitrogens is 3. The molecule has 0 radical (unpaired) electrons. The van der Waals surface area contributed by atoms with Gasteiger partial charge in [-0.15, -0.1) is 0 Å². The first-order valence-corrected chi connectivity index (χ1v) is 5.80. The maximum atomic E-state index is 5.97. The number of anilines is 1. The van der Waals surface area contributed by atoms with E-state index in [-0.39, 0.29) is 6.04 Å². The van der Waals surface area contributed by atoms with Crippen LogP contribution in [0.5, 0.6) is 0 Å². The Bertz CT molecular complexity index is 492. The first-order chi connectivity index (χ1) is 7.61. The highest BCUT2D eigenvalue weighted by atomic mass is 79.9. The van der Waals surface area contributed by atoms with E-state index in [1.165, 1.54) is 0 Å². The maximum absolute atomic E-state index is 5.97. The summed E-state index contributed by atoms with van der Waals surface area (Å²) in [6.45, 7) is 3.97. The van der Waals surface area contributed by atoms with Crippen molar-refractivity contribution in [1.82, 2.24) is 14.8 Å². The largest absolute Gasteiger partial charge is 0.383 e. The number of nitrogens with zero attached hydrogens (tertiary/aromatic N) is 3. The number of hydrogen-bond donors (Lipinski definition) is 1. The van der Waals surface area contributed by atoms with E-state index in [0.29, 0.717) is 5.82 Å². The second kappa shape index (κ2) is 4.25. The Kier molecular flexibility index (Phi) is 2.96. The zero-order chi connectivity index (χ0) is 11.7. The SMILES string of the molecule is Cc1nn(C(C)c2cccnc2)c(N)c1Br. The van der Waals surface area contributed by atoms with Gasteiger partial charge < -0.3 is 5.73 Å². The van der Waals surface area contributed by atoms with E-state index in [1.54, 1.807) is 10.9 Å². The highest BCUT2D eigenvalue weighted by molar-refractivity contribution is 9.10. The van der Waals surface area contributed by atoms with Crippen molar-refractivity contribution in [2.45, 2.75) is 19.9 Å². The molecule has 2 aromatic rings. The summed E-state index contributed by atoms with van der Waals surface area (Å²) in [5, 5.41) is 4.40. The third-order valence-corrected chi connectivity index (χ3v) is 3.56. The van der Waals surface area contributed by atoms with Gasteiger partial charge in [-0.3, -0.25) is 4.98 Å². The zero-order valence-electron chi connectivity index (χ0n) is 9.18. The van der Waals surface area contributed by atoms with Crippen LogP contribution >= 0.6 is 15.9 Å². The molecule has 0 aromatic carbocycles. The Morgan fingerprint density at radius 3 is 2.75 bits per heavy atom. The molecular formula is C11H13BrN4. The van der Waals surface area contributed by atoms with E-state index in [9.17, 15) is 0 Å². The molecule has 2 rings (SSSR count). The van der Waals surface area contributed by atoms with E-state index in [0.717, 1.165) is 15.7 Å². The molecule has 0 saturated heterocycles. The van der Waals surface area contributed by atoms with Crippen LogP contribution in [0.4, 0.5) is 5.82 Å². The Labute approximate surface area is 103 Å². The van der Waals surface area contributed by atoms with Gasteiger partial charge in [-0.05, 0) is 41.4 Å². The number of rotatable bonds is 2. The van der Waals surface area contributed by atoms with Crippen LogP contribution in [0.25, 0.3) is 0 Å². The van der Waals surface area contributed by atoms with Crippen LogP contribution in [-0.2, 0) is 0 Å². The molecule has 16 heavy (non-hydrogen) atoms. The van der Waals surface area contributed by atoms with Gasteiger partial charge in [-0.2, -0.15) is 5.10 Å². The fourth-order valence-corrected chi connectivity index (χ4v) is 1.87. The molecule has 2 N–H and O–H groups in total. The van der Waals surface area contributed by atoms with Crippen LogP contribution in [0.1, 0.15) is 24.2 Å². The van der Waals surface area contributed by atoms with E-state index >= 15 is 0 Å². The lowest BCUT2D eigenvalue weighted by molar-refractivity contribution is 0.567. The lowest BCUT2D eigenvalue weighted by Crippen LogP contribution is -2.11. The smallest absolute Gasteiger partial charge is 0.137 e. The van der Waals surface area contributed by atoms with E-state index in [1.807, 2.05) is 32.2 Å². The monoisotopic (exact) mass is 280 g/mol. The third kappa shape index (κ3) is 1.82. The fourth-order valence-electron chi connectivity index (χ4n) is 1.60. The van der Waals surface area contributed by atoms with Gasteiger partial charge in [0.05, 0.1) is 16.2 Å². The molecule has 0 saturated carbocycles. The molecule has 5 heteroatoms. The first kappa shape index (κ1) is 11.1. The highest BCUT2D eigenvalue weighted by Crippen LogP contribution is 2.28. The Morgan fingerprint density at radius 2 is 2.25 bits per heavy atom. The minimum Gasteiger partial charge on any atom is -0.383 e. The van der Waals surface area contributed by atoms with Gasteiger partial charge in [-0.25, -0.2) is 4.68 Å². The molecule has 2 heterocycles. The highest BCUT2D eigenvalue weighted by Gasteiger charge is 2.16. The number of nitrogen functional groups attached to an aromatic ring is 1. The standard InChI is InChI=1S/C11H13BrN4/c1-7-10(12)11(13)16(15-7)8(2)9-4-3-5-14-6-9/h3-6,8H,13H2,1-2H3. The second-order valence-electron chi connectivity index (χ2n) is 3.69. The van der Waals surface area contributed by atoms with E-state index in [4.69, 9.17) is 5.73 Å². The maximum Gasteiger partial charge on any atom is 0.137 e. The van der Waals surface area contributed by atoms with Crippen LogP contribution in [-0.4, -0.2) is 14.8 Å². The summed E-state index contributed by atoms with van der Waals surface area (Å²) in [4.78, 5) is 4.10. The summed E-state index contributed by atoms with van der Waals surface area (Å²) in [6, 6.07) is 4.01. The van der Waals surface area contributed by atoms with Crippen LogP contribution < -0.4 is 5.73 Å². The number of halogens is 1. The molecule has 0 amide bonds. The van der Waals surface area contributed by atoms with Gasteiger partial charge >= 0.3 is 0 Å². The Morgan fingerprint density at radius 1 is 1.50 bits per heavy atom. The summed E-state index contributed by atoms with van der Waals surface area (Å²) in [5.74, 6) is 0.647. The van der Waals surface area contributed by atoms with Crippen LogP contribution in [0.2, 0.25) is 0 Å². The second-order valence-corrected chi connectivity index (χ2v) is 4.48. The minimum absolute atomic E-state index is 0.0821. The van der Waals surface area contributed by atoms with Crippen molar-refractivity contribution in [3.05, 3.63) is 40.3 Å². The van der Waals surface area contributed by atoms with Gasteiger partial charge in [-0.1, -0.05) is 6.07 Å². The molecule has 0 fully saturated rings. The van der Waals surface area contributed by atoms with Crippen molar-refractivity contribution >= 4 is 21.7 Å². The molecule has 1 atom stereocenters. The quantitative estimate of drug-likeness (QED) is 0.920. The summed E-state index contributed by atoms with van der Waals surface area (Å²) < 4.78 is 2.67. The average Bonchev–Trinajstić information content (AvgIpc) is 2.57. The van der Waals surface area contributed by atoms with Crippen molar-refractivity contribution in [2.75, 3.05) is 5.73 Å². The van der Waals surface area contributed by atoms with Gasteiger partial charge in [0.15, 0.2) is 0 Å². The van der Waals surface area contributed by atoms with Crippen LogP contribution in [0, 0.1) is 6.92 Å². The topological polar surface area (TPSA) is 56.7 Å². The molecule has 2 aromatic heterocycles. The lowest BCUT2D eigenvalue weighted by atomic mass is 10.1. The Hall–Kier alpha value is -1.36. The van der Waals surface area contributed by atoms with E-state index < -0.39 is 0 Å². The summed E-state index contributed by atoms with van der Waals surface area (Å²) >= 11 is 3.42. The van der Waals surface area contributed by atoms with Gasteiger partial charge in [0.1, 0.15) is 5.82 Å². The third-order valence-electron chi connectivity index (χ3n) is 2.58. The average molecular weight is 281 g/mol. The van der Waals surface area contributed by atoms with Gasteiger partial charge in [0, 0.05) is 12.4 Å². The summed E-state index contributed by atoms with van der Waals surface area (Å²) in [7, 11) is 0. The van der Waals surface area contributed by atoms with Gasteiger partial charge in [0.2, 0.25) is 0 Å². The van der Waals surface area contributed by atoms with Crippen LogP contribution in [0.15, 0.2) is 29.0 Å². The van der Waals surface area contributed by atoms with Crippen molar-refractivity contribution in [1.29, 1.82) is 0 Å². The van der Waals surface area contributed by atoms with Crippen molar-refractivity contribution < 1.29 is 0 Å². The molecule has 0 aliphatic rings. The molecule has 0 spiro atoms. The molecule has 0 bridgehead atoms. The lowest BCUT2D eigenvalue weighted by Gasteiger charge is -2.13. The predicted octanol–water partition coefficient (Wildman–Crippen LogP) is 2.54. The Balaban J connectivity index is 2.42. The molecule has 0 aliphatic heterocycles. The summed E-state index contributed by atoms with van der Waals surface area (Å²) in [5.41, 5.74) is 7.96. The number of nitrogens with two attached hydrogens (primary N) is 1. The van der Waals surface area contributed by atoms with Crippen molar-refractivity contribution in [2.24, 2.45) is 0 Å².